The summed E-state index contributed by atoms with van der Waals surface area (Å²) in [4.78, 5) is 27.5. The Morgan fingerprint density at radius 1 is 1.03 bits per heavy atom. The van der Waals surface area contributed by atoms with Crippen LogP contribution in [0.2, 0.25) is 0 Å². The minimum atomic E-state index is -0.832. The number of methoxy groups -OCH3 is 2. The maximum atomic E-state index is 13.1. The third-order valence-electron chi connectivity index (χ3n) is 5.49. The fraction of sp³-hybridized carbons (Fsp3) is 0.200. The smallest absolute Gasteiger partial charge is 0.296 e. The second-order valence-electron chi connectivity index (χ2n) is 7.49. The molecule has 4 rings (SSSR count). The summed E-state index contributed by atoms with van der Waals surface area (Å²) in [6.45, 7) is 2.00. The number of benzene rings is 2. The average molecular weight is 433 g/mol. The highest BCUT2D eigenvalue weighted by Gasteiger charge is 2.46. The Labute approximate surface area is 185 Å². The van der Waals surface area contributed by atoms with Crippen molar-refractivity contribution in [2.45, 2.75) is 19.5 Å². The number of aryl methyl sites for hydroxylation is 1. The van der Waals surface area contributed by atoms with Crippen molar-refractivity contribution in [3.8, 4) is 11.5 Å². The predicted molar refractivity (Wildman–Crippen MR) is 117 cm³/mol. The fourth-order valence-corrected chi connectivity index (χ4v) is 3.85. The molecule has 0 aliphatic carbocycles. The van der Waals surface area contributed by atoms with Gasteiger partial charge in [0.25, 0.3) is 11.7 Å². The largest absolute Gasteiger partial charge is 0.507 e. The maximum Gasteiger partial charge on any atom is 0.296 e. The molecule has 0 saturated carbocycles. The van der Waals surface area contributed by atoms with Gasteiger partial charge < -0.3 is 23.9 Å². The van der Waals surface area contributed by atoms with E-state index >= 15 is 0 Å². The summed E-state index contributed by atoms with van der Waals surface area (Å²) < 4.78 is 16.1. The van der Waals surface area contributed by atoms with Gasteiger partial charge in [-0.3, -0.25) is 9.59 Å². The number of hydrogen-bond donors (Lipinski definition) is 1. The number of carbonyl (C=O) groups is 2. The van der Waals surface area contributed by atoms with Crippen molar-refractivity contribution >= 4 is 17.4 Å². The van der Waals surface area contributed by atoms with Crippen LogP contribution in [0.15, 0.2) is 70.9 Å². The number of ether oxygens (including phenoxy) is 2. The summed E-state index contributed by atoms with van der Waals surface area (Å²) in [5.41, 5.74) is 2.08. The molecule has 1 N–H and O–H groups in total. The van der Waals surface area contributed by atoms with Gasteiger partial charge in [0.05, 0.1) is 38.6 Å². The molecule has 1 fully saturated rings. The second-order valence-corrected chi connectivity index (χ2v) is 7.49. The van der Waals surface area contributed by atoms with E-state index in [1.54, 1.807) is 42.5 Å². The Balaban J connectivity index is 1.89. The molecule has 164 valence electrons. The third-order valence-corrected chi connectivity index (χ3v) is 5.49. The first-order valence-corrected chi connectivity index (χ1v) is 10.0. The summed E-state index contributed by atoms with van der Waals surface area (Å²) in [5.74, 6) is -0.219. The quantitative estimate of drug-likeness (QED) is 0.356. The zero-order chi connectivity index (χ0) is 22.8. The summed E-state index contributed by atoms with van der Waals surface area (Å²) in [6, 6.07) is 14.9. The number of rotatable bonds is 6. The number of aliphatic hydroxyl groups is 1. The first kappa shape index (κ1) is 21.2. The zero-order valence-electron chi connectivity index (χ0n) is 18.0. The lowest BCUT2D eigenvalue weighted by Crippen LogP contribution is -2.29. The van der Waals surface area contributed by atoms with E-state index in [0.717, 1.165) is 5.56 Å². The Bertz CT molecular complexity index is 1180. The first-order valence-electron chi connectivity index (χ1n) is 10.0. The molecule has 32 heavy (non-hydrogen) atoms. The molecule has 1 aromatic heterocycles. The van der Waals surface area contributed by atoms with Crippen LogP contribution in [0.25, 0.3) is 5.76 Å². The average Bonchev–Trinajstić information content (AvgIpc) is 3.41. The van der Waals surface area contributed by atoms with Crippen molar-refractivity contribution in [1.82, 2.24) is 4.90 Å². The molecule has 2 heterocycles. The fourth-order valence-electron chi connectivity index (χ4n) is 3.85. The van der Waals surface area contributed by atoms with Crippen LogP contribution in [-0.2, 0) is 16.1 Å². The minimum Gasteiger partial charge on any atom is -0.507 e. The lowest BCUT2D eigenvalue weighted by Gasteiger charge is -2.25. The Kier molecular flexibility index (Phi) is 5.73. The lowest BCUT2D eigenvalue weighted by atomic mass is 9.94. The second kappa shape index (κ2) is 8.63. The molecule has 0 bridgehead atoms. The summed E-state index contributed by atoms with van der Waals surface area (Å²) in [6.07, 6.45) is 1.50. The molecule has 1 unspecified atom stereocenters. The molecule has 0 spiro atoms. The van der Waals surface area contributed by atoms with Crippen molar-refractivity contribution in [3.05, 3.63) is 88.9 Å². The van der Waals surface area contributed by atoms with Gasteiger partial charge in [-0.15, -0.1) is 0 Å². The van der Waals surface area contributed by atoms with Gasteiger partial charge in [0.1, 0.15) is 11.5 Å². The molecule has 1 aliphatic heterocycles. The van der Waals surface area contributed by atoms with Crippen LogP contribution in [0.5, 0.6) is 11.5 Å². The van der Waals surface area contributed by atoms with Crippen molar-refractivity contribution in [3.63, 3.8) is 0 Å². The normalized spacial score (nSPS) is 17.6. The van der Waals surface area contributed by atoms with E-state index in [1.165, 1.54) is 25.4 Å². The molecular formula is C25H23NO6. The summed E-state index contributed by atoms with van der Waals surface area (Å²) >= 11 is 0. The van der Waals surface area contributed by atoms with Crippen LogP contribution < -0.4 is 9.47 Å². The monoisotopic (exact) mass is 433 g/mol. The molecule has 7 nitrogen and oxygen atoms in total. The van der Waals surface area contributed by atoms with E-state index < -0.39 is 17.7 Å². The van der Waals surface area contributed by atoms with Crippen LogP contribution in [0.4, 0.5) is 0 Å². The van der Waals surface area contributed by atoms with Crippen LogP contribution in [-0.4, -0.2) is 35.9 Å². The van der Waals surface area contributed by atoms with Gasteiger partial charge in [0.2, 0.25) is 0 Å². The Morgan fingerprint density at radius 2 is 1.75 bits per heavy atom. The van der Waals surface area contributed by atoms with Gasteiger partial charge >= 0.3 is 0 Å². The van der Waals surface area contributed by atoms with Crippen LogP contribution >= 0.6 is 0 Å². The maximum absolute atomic E-state index is 13.1. The van der Waals surface area contributed by atoms with E-state index in [2.05, 4.69) is 0 Å². The molecule has 0 radical (unpaired) electrons. The highest BCUT2D eigenvalue weighted by atomic mass is 16.5. The van der Waals surface area contributed by atoms with Crippen molar-refractivity contribution in [1.29, 1.82) is 0 Å². The van der Waals surface area contributed by atoms with Crippen molar-refractivity contribution in [2.75, 3.05) is 14.2 Å². The van der Waals surface area contributed by atoms with Gasteiger partial charge in [0.15, 0.2) is 11.5 Å². The number of likely N-dealkylation sites (tertiary alicyclic amines) is 1. The van der Waals surface area contributed by atoms with E-state index in [-0.39, 0.29) is 17.9 Å². The number of ketones is 1. The minimum absolute atomic E-state index is 0.0117. The predicted octanol–water partition coefficient (Wildman–Crippen LogP) is 4.23. The number of nitrogens with zero attached hydrogens (tertiary/aromatic N) is 1. The first-order chi connectivity index (χ1) is 15.4. The number of amides is 1. The van der Waals surface area contributed by atoms with Gasteiger partial charge in [-0.05, 0) is 36.8 Å². The molecule has 1 atom stereocenters. The molecule has 3 aromatic rings. The number of Topliss-reactive ketones (excluding diaryl/α,β-unsaturated/α-hetero) is 1. The highest BCUT2D eigenvalue weighted by Crippen LogP contribution is 2.42. The number of furan rings is 1. The topological polar surface area (TPSA) is 89.2 Å². The van der Waals surface area contributed by atoms with E-state index in [0.29, 0.717) is 28.4 Å². The molecule has 7 heteroatoms. The highest BCUT2D eigenvalue weighted by molar-refractivity contribution is 6.46. The van der Waals surface area contributed by atoms with Gasteiger partial charge in [-0.2, -0.15) is 0 Å². The van der Waals surface area contributed by atoms with Gasteiger partial charge in [-0.25, -0.2) is 0 Å². The van der Waals surface area contributed by atoms with Crippen molar-refractivity contribution in [2.24, 2.45) is 0 Å². The standard InChI is InChI=1S/C25H23NO6/c1-15-6-8-16(9-7-15)23(27)21-22(17-10-11-19(30-2)20(13-17)31-3)26(25(29)24(21)28)14-18-5-4-12-32-18/h4-13,22,27H,14H2,1-3H3/b23-21+. The SMILES string of the molecule is COc1ccc(C2/C(=C(\O)c3ccc(C)cc3)C(=O)C(=O)N2Cc2ccco2)cc1OC. The van der Waals surface area contributed by atoms with E-state index in [9.17, 15) is 14.7 Å². The molecule has 1 aliphatic rings. The molecule has 1 saturated heterocycles. The van der Waals surface area contributed by atoms with Crippen molar-refractivity contribution < 1.29 is 28.6 Å². The molecule has 2 aromatic carbocycles. The Hall–Kier alpha value is -4.00. The van der Waals surface area contributed by atoms with Crippen LogP contribution in [0.3, 0.4) is 0 Å². The summed E-state index contributed by atoms with van der Waals surface area (Å²) in [7, 11) is 3.03. The van der Waals surface area contributed by atoms with Crippen LogP contribution in [0, 0.1) is 6.92 Å². The van der Waals surface area contributed by atoms with E-state index in [4.69, 9.17) is 13.9 Å². The van der Waals surface area contributed by atoms with Gasteiger partial charge in [0, 0.05) is 5.56 Å². The number of aliphatic hydroxyl groups excluding tert-OH is 1. The lowest BCUT2D eigenvalue weighted by molar-refractivity contribution is -0.140. The Morgan fingerprint density at radius 3 is 2.38 bits per heavy atom. The number of hydrogen-bond acceptors (Lipinski definition) is 6. The van der Waals surface area contributed by atoms with Gasteiger partial charge in [-0.1, -0.05) is 35.9 Å². The zero-order valence-corrected chi connectivity index (χ0v) is 18.0. The van der Waals surface area contributed by atoms with Crippen LogP contribution in [0.1, 0.15) is 28.5 Å². The molecule has 1 amide bonds. The third kappa shape index (κ3) is 3.73. The van der Waals surface area contributed by atoms with E-state index in [1.807, 2.05) is 19.1 Å². The molecular weight excluding hydrogens is 410 g/mol. The number of carbonyl (C=O) groups excluding carboxylic acids is 2. The summed E-state index contributed by atoms with van der Waals surface area (Å²) in [5, 5.41) is 11.1.